The molecule has 7 nitrogen and oxygen atoms in total. The third kappa shape index (κ3) is 3.24. The second kappa shape index (κ2) is 7.09. The van der Waals surface area contributed by atoms with Gasteiger partial charge in [-0.3, -0.25) is 14.9 Å². The van der Waals surface area contributed by atoms with Gasteiger partial charge in [0.05, 0.1) is 11.6 Å². The van der Waals surface area contributed by atoms with Crippen LogP contribution in [-0.2, 0) is 6.42 Å². The molecule has 1 amide bonds. The molecule has 1 aromatic carbocycles. The van der Waals surface area contributed by atoms with Gasteiger partial charge in [-0.2, -0.15) is 5.10 Å². The van der Waals surface area contributed by atoms with Crippen LogP contribution in [0.5, 0.6) is 0 Å². The molecule has 1 aliphatic carbocycles. The lowest BCUT2D eigenvalue weighted by atomic mass is 9.92. The SMILES string of the molecule is Cc1ccc2[nH]nc(C(=O)N[C@@H]3CCCc4nc(-c5cccnc5)ncc43)c2c1. The minimum absolute atomic E-state index is 0.120. The van der Waals surface area contributed by atoms with Gasteiger partial charge >= 0.3 is 0 Å². The Morgan fingerprint density at radius 1 is 1.24 bits per heavy atom. The van der Waals surface area contributed by atoms with E-state index in [9.17, 15) is 4.79 Å². The van der Waals surface area contributed by atoms with Gasteiger partial charge < -0.3 is 5.32 Å². The van der Waals surface area contributed by atoms with Gasteiger partial charge in [-0.15, -0.1) is 0 Å². The first-order chi connectivity index (χ1) is 14.2. The highest BCUT2D eigenvalue weighted by Gasteiger charge is 2.26. The summed E-state index contributed by atoms with van der Waals surface area (Å²) in [4.78, 5) is 26.4. The van der Waals surface area contributed by atoms with Crippen molar-refractivity contribution in [1.82, 2.24) is 30.5 Å². The summed E-state index contributed by atoms with van der Waals surface area (Å²) in [5.74, 6) is 0.480. The molecule has 0 aliphatic heterocycles. The first kappa shape index (κ1) is 17.5. The molecule has 0 radical (unpaired) electrons. The molecule has 0 bridgehead atoms. The third-order valence-corrected chi connectivity index (χ3v) is 5.34. The van der Waals surface area contributed by atoms with Gasteiger partial charge in [0.2, 0.25) is 0 Å². The van der Waals surface area contributed by atoms with Crippen LogP contribution in [0.1, 0.15) is 46.2 Å². The maximum absolute atomic E-state index is 13.0. The second-order valence-electron chi connectivity index (χ2n) is 7.38. The van der Waals surface area contributed by atoms with Crippen LogP contribution in [0.15, 0.2) is 48.9 Å². The molecule has 0 fully saturated rings. The van der Waals surface area contributed by atoms with Gasteiger partial charge in [-0.25, -0.2) is 9.97 Å². The number of aromatic amines is 1. The zero-order valence-electron chi connectivity index (χ0n) is 16.0. The predicted octanol–water partition coefficient (Wildman–Crippen LogP) is 3.53. The summed E-state index contributed by atoms with van der Waals surface area (Å²) in [5, 5.41) is 11.1. The van der Waals surface area contributed by atoms with E-state index in [4.69, 9.17) is 4.98 Å². The highest BCUT2D eigenvalue weighted by Crippen LogP contribution is 2.30. The summed E-state index contributed by atoms with van der Waals surface area (Å²) >= 11 is 0. The molecule has 3 aromatic heterocycles. The lowest BCUT2D eigenvalue weighted by Gasteiger charge is -2.25. The molecule has 0 spiro atoms. The van der Waals surface area contributed by atoms with E-state index in [1.165, 1.54) is 0 Å². The Balaban J connectivity index is 1.43. The maximum Gasteiger partial charge on any atom is 0.272 e. The molecular weight excluding hydrogens is 364 g/mol. The Hall–Kier alpha value is -3.61. The molecule has 0 saturated carbocycles. The first-order valence-electron chi connectivity index (χ1n) is 9.71. The van der Waals surface area contributed by atoms with Crippen LogP contribution < -0.4 is 5.32 Å². The fourth-order valence-corrected chi connectivity index (χ4v) is 3.86. The number of aromatic nitrogens is 5. The van der Waals surface area contributed by atoms with Crippen LogP contribution in [0.2, 0.25) is 0 Å². The smallest absolute Gasteiger partial charge is 0.272 e. The van der Waals surface area contributed by atoms with Crippen LogP contribution in [0.3, 0.4) is 0 Å². The summed E-state index contributed by atoms with van der Waals surface area (Å²) in [5.41, 5.74) is 5.22. The van der Waals surface area contributed by atoms with Gasteiger partial charge in [0.15, 0.2) is 11.5 Å². The summed E-state index contributed by atoms with van der Waals surface area (Å²) in [6, 6.07) is 9.62. The number of H-pyrrole nitrogens is 1. The van der Waals surface area contributed by atoms with Crippen molar-refractivity contribution in [1.29, 1.82) is 0 Å². The van der Waals surface area contributed by atoms with Crippen LogP contribution in [0.4, 0.5) is 0 Å². The van der Waals surface area contributed by atoms with Gasteiger partial charge in [0.25, 0.3) is 5.91 Å². The van der Waals surface area contributed by atoms with E-state index in [2.05, 4.69) is 25.5 Å². The van der Waals surface area contributed by atoms with Crippen molar-refractivity contribution >= 4 is 16.8 Å². The van der Waals surface area contributed by atoms with Crippen molar-refractivity contribution in [2.24, 2.45) is 0 Å². The highest BCUT2D eigenvalue weighted by atomic mass is 16.2. The molecular formula is C22H20N6O. The lowest BCUT2D eigenvalue weighted by Crippen LogP contribution is -2.32. The van der Waals surface area contributed by atoms with Crippen molar-refractivity contribution in [3.8, 4) is 11.4 Å². The van der Waals surface area contributed by atoms with Crippen molar-refractivity contribution in [2.75, 3.05) is 0 Å². The molecule has 144 valence electrons. The van der Waals surface area contributed by atoms with E-state index < -0.39 is 0 Å². The fourth-order valence-electron chi connectivity index (χ4n) is 3.86. The largest absolute Gasteiger partial charge is 0.344 e. The average molecular weight is 384 g/mol. The number of fused-ring (bicyclic) bond motifs is 2. The summed E-state index contributed by atoms with van der Waals surface area (Å²) in [6.07, 6.45) is 8.02. The zero-order valence-corrected chi connectivity index (χ0v) is 16.0. The minimum atomic E-state index is -0.184. The zero-order chi connectivity index (χ0) is 19.8. The van der Waals surface area contributed by atoms with E-state index in [1.54, 1.807) is 12.4 Å². The van der Waals surface area contributed by atoms with Crippen LogP contribution in [0.25, 0.3) is 22.3 Å². The molecule has 2 N–H and O–H groups in total. The number of carbonyl (C=O) groups is 1. The number of nitrogens with zero attached hydrogens (tertiary/aromatic N) is 4. The topological polar surface area (TPSA) is 96.5 Å². The molecule has 0 saturated heterocycles. The standard InChI is InChI=1S/C22H20N6O/c1-13-7-8-19-15(10-13)20(28-27-19)22(29)26-18-6-2-5-17-16(18)12-24-21(25-17)14-4-3-9-23-11-14/h3-4,7-12,18H,2,5-6H2,1H3,(H,26,29)(H,27,28)/t18-/m1/s1. The fraction of sp³-hybridized carbons (Fsp3) is 0.227. The molecule has 29 heavy (non-hydrogen) atoms. The molecule has 3 heterocycles. The van der Waals surface area contributed by atoms with E-state index in [-0.39, 0.29) is 11.9 Å². The predicted molar refractivity (Wildman–Crippen MR) is 109 cm³/mol. The number of pyridine rings is 1. The number of rotatable bonds is 3. The third-order valence-electron chi connectivity index (χ3n) is 5.34. The van der Waals surface area contributed by atoms with Gasteiger partial charge in [-0.1, -0.05) is 11.6 Å². The van der Waals surface area contributed by atoms with Gasteiger partial charge in [0, 0.05) is 40.8 Å². The quantitative estimate of drug-likeness (QED) is 0.563. The highest BCUT2D eigenvalue weighted by molar-refractivity contribution is 6.04. The number of carbonyl (C=O) groups excluding carboxylic acids is 1. The minimum Gasteiger partial charge on any atom is -0.344 e. The molecule has 1 atom stereocenters. The van der Waals surface area contributed by atoms with Crippen molar-refractivity contribution < 1.29 is 4.79 Å². The maximum atomic E-state index is 13.0. The Morgan fingerprint density at radius 2 is 2.17 bits per heavy atom. The van der Waals surface area contributed by atoms with Crippen molar-refractivity contribution in [2.45, 2.75) is 32.2 Å². The molecule has 5 rings (SSSR count). The number of amides is 1. The Bertz CT molecular complexity index is 1200. The molecule has 1 aliphatic rings. The Kier molecular flexibility index (Phi) is 4.27. The Labute approximate surface area is 167 Å². The number of aryl methyl sites for hydroxylation is 2. The van der Waals surface area contributed by atoms with E-state index in [0.717, 1.165) is 52.5 Å². The Morgan fingerprint density at radius 3 is 3.03 bits per heavy atom. The molecule has 7 heteroatoms. The summed E-state index contributed by atoms with van der Waals surface area (Å²) < 4.78 is 0. The summed E-state index contributed by atoms with van der Waals surface area (Å²) in [6.45, 7) is 2.00. The number of hydrogen-bond donors (Lipinski definition) is 2. The van der Waals surface area contributed by atoms with E-state index in [1.807, 2.05) is 43.5 Å². The number of benzene rings is 1. The average Bonchev–Trinajstić information content (AvgIpc) is 3.17. The monoisotopic (exact) mass is 384 g/mol. The second-order valence-corrected chi connectivity index (χ2v) is 7.38. The first-order valence-corrected chi connectivity index (χ1v) is 9.71. The van der Waals surface area contributed by atoms with Gasteiger partial charge in [-0.05, 0) is 50.5 Å². The number of nitrogens with one attached hydrogen (secondary N) is 2. The molecule has 0 unspecified atom stereocenters. The number of hydrogen-bond acceptors (Lipinski definition) is 5. The van der Waals surface area contributed by atoms with Crippen molar-refractivity contribution in [3.05, 3.63) is 71.4 Å². The van der Waals surface area contributed by atoms with E-state index in [0.29, 0.717) is 11.5 Å². The van der Waals surface area contributed by atoms with Gasteiger partial charge in [0.1, 0.15) is 0 Å². The van der Waals surface area contributed by atoms with Crippen molar-refractivity contribution in [3.63, 3.8) is 0 Å². The normalized spacial score (nSPS) is 15.8. The van der Waals surface area contributed by atoms with Crippen LogP contribution in [-0.4, -0.2) is 31.1 Å². The van der Waals surface area contributed by atoms with E-state index >= 15 is 0 Å². The molecule has 4 aromatic rings. The van der Waals surface area contributed by atoms with Crippen LogP contribution in [0, 0.1) is 6.92 Å². The lowest BCUT2D eigenvalue weighted by molar-refractivity contribution is 0.0929. The summed E-state index contributed by atoms with van der Waals surface area (Å²) in [7, 11) is 0. The van der Waals surface area contributed by atoms with Crippen LogP contribution >= 0.6 is 0 Å².